The zero-order chi connectivity index (χ0) is 11.4. The lowest BCUT2D eigenvalue weighted by Crippen LogP contribution is -2.01. The van der Waals surface area contributed by atoms with Crippen LogP contribution < -0.4 is 0 Å². The molecule has 5 nitrogen and oxygen atoms in total. The first-order valence-electron chi connectivity index (χ1n) is 4.78. The number of carbonyl (C=O) groups excluding carboxylic acids is 1. The molecule has 0 amide bonds. The van der Waals surface area contributed by atoms with Gasteiger partial charge in [0.2, 0.25) is 0 Å². The second kappa shape index (κ2) is 4.57. The molecular weight excluding hydrogens is 206 g/mol. The average molecular weight is 217 g/mol. The zero-order valence-electron chi connectivity index (χ0n) is 8.83. The van der Waals surface area contributed by atoms with Gasteiger partial charge in [0, 0.05) is 25.1 Å². The molecule has 0 aromatic carbocycles. The molecule has 0 radical (unpaired) electrons. The maximum absolute atomic E-state index is 11.2. The van der Waals surface area contributed by atoms with Gasteiger partial charge in [0.25, 0.3) is 0 Å². The topological polar surface area (TPSA) is 57.0 Å². The van der Waals surface area contributed by atoms with E-state index in [1.165, 1.54) is 7.11 Å². The minimum absolute atomic E-state index is 0.316. The lowest BCUT2D eigenvalue weighted by atomic mass is 10.3. The van der Waals surface area contributed by atoms with Gasteiger partial charge in [-0.05, 0) is 17.7 Å². The number of nitrogens with zero attached hydrogens (tertiary/aromatic N) is 3. The number of methoxy groups -OCH3 is 1. The van der Waals surface area contributed by atoms with E-state index in [4.69, 9.17) is 0 Å². The van der Waals surface area contributed by atoms with Crippen molar-refractivity contribution in [2.45, 2.75) is 6.54 Å². The maximum Gasteiger partial charge on any atom is 0.358 e. The molecule has 0 aliphatic rings. The number of ether oxygens (including phenoxy) is 1. The molecule has 0 atom stereocenters. The highest BCUT2D eigenvalue weighted by molar-refractivity contribution is 5.86. The Labute approximate surface area is 92.7 Å². The summed E-state index contributed by atoms with van der Waals surface area (Å²) in [5, 5.41) is 0. The maximum atomic E-state index is 11.2. The fourth-order valence-corrected chi connectivity index (χ4v) is 1.36. The highest BCUT2D eigenvalue weighted by atomic mass is 16.5. The predicted molar refractivity (Wildman–Crippen MR) is 56.9 cm³/mol. The van der Waals surface area contributed by atoms with Gasteiger partial charge in [-0.2, -0.15) is 0 Å². The Morgan fingerprint density at radius 3 is 2.88 bits per heavy atom. The fourth-order valence-electron chi connectivity index (χ4n) is 1.36. The van der Waals surface area contributed by atoms with E-state index in [1.54, 1.807) is 24.9 Å². The third-order valence-corrected chi connectivity index (χ3v) is 2.14. The van der Waals surface area contributed by atoms with Crippen LogP contribution in [0.1, 0.15) is 16.1 Å². The first-order valence-corrected chi connectivity index (χ1v) is 4.78. The van der Waals surface area contributed by atoms with Crippen LogP contribution in [-0.2, 0) is 11.3 Å². The number of aromatic nitrogens is 3. The number of hydrogen-bond donors (Lipinski definition) is 0. The lowest BCUT2D eigenvalue weighted by Gasteiger charge is -2.00. The SMILES string of the molecule is COC(=O)c1cn(Cc2ccncc2)cn1. The number of hydrogen-bond acceptors (Lipinski definition) is 4. The molecule has 0 unspecified atom stereocenters. The van der Waals surface area contributed by atoms with Crippen molar-refractivity contribution in [1.29, 1.82) is 0 Å². The van der Waals surface area contributed by atoms with E-state index in [0.717, 1.165) is 5.56 Å². The number of esters is 1. The molecular formula is C11H11N3O2. The predicted octanol–water partition coefficient (Wildman–Crippen LogP) is 1.11. The summed E-state index contributed by atoms with van der Waals surface area (Å²) in [5.74, 6) is -0.423. The standard InChI is InChI=1S/C11H11N3O2/c1-16-11(15)10-7-14(8-13-10)6-9-2-4-12-5-3-9/h2-5,7-8H,6H2,1H3. The minimum atomic E-state index is -0.423. The van der Waals surface area contributed by atoms with Gasteiger partial charge in [0.1, 0.15) is 0 Å². The monoisotopic (exact) mass is 217 g/mol. The molecule has 82 valence electrons. The Kier molecular flexibility index (Phi) is 2.95. The van der Waals surface area contributed by atoms with Gasteiger partial charge in [0.05, 0.1) is 13.4 Å². The van der Waals surface area contributed by atoms with Crippen LogP contribution in [0.5, 0.6) is 0 Å². The number of rotatable bonds is 3. The molecule has 16 heavy (non-hydrogen) atoms. The number of carbonyl (C=O) groups is 1. The molecule has 0 N–H and O–H groups in total. The molecule has 0 spiro atoms. The van der Waals surface area contributed by atoms with Crippen LogP contribution in [0.4, 0.5) is 0 Å². The van der Waals surface area contributed by atoms with Crippen molar-refractivity contribution < 1.29 is 9.53 Å². The molecule has 0 aliphatic carbocycles. The molecule has 2 rings (SSSR count). The Balaban J connectivity index is 2.12. The largest absolute Gasteiger partial charge is 0.464 e. The Bertz CT molecular complexity index is 479. The lowest BCUT2D eigenvalue weighted by molar-refractivity contribution is 0.0594. The molecule has 2 heterocycles. The summed E-state index contributed by atoms with van der Waals surface area (Å²) in [6.07, 6.45) is 6.72. The van der Waals surface area contributed by atoms with Crippen LogP contribution in [0.15, 0.2) is 37.1 Å². The summed E-state index contributed by atoms with van der Waals surface area (Å²) in [7, 11) is 1.34. The zero-order valence-corrected chi connectivity index (χ0v) is 8.83. The number of imidazole rings is 1. The summed E-state index contributed by atoms with van der Waals surface area (Å²) >= 11 is 0. The van der Waals surface area contributed by atoms with Crippen molar-refractivity contribution >= 4 is 5.97 Å². The summed E-state index contributed by atoms with van der Waals surface area (Å²) in [6, 6.07) is 3.83. The molecule has 0 aliphatic heterocycles. The molecule has 0 saturated carbocycles. The highest BCUT2D eigenvalue weighted by Gasteiger charge is 2.08. The van der Waals surface area contributed by atoms with Crippen molar-refractivity contribution in [3.8, 4) is 0 Å². The van der Waals surface area contributed by atoms with Crippen molar-refractivity contribution in [2.24, 2.45) is 0 Å². The van der Waals surface area contributed by atoms with Gasteiger partial charge in [-0.15, -0.1) is 0 Å². The van der Waals surface area contributed by atoms with Crippen molar-refractivity contribution in [3.63, 3.8) is 0 Å². The smallest absolute Gasteiger partial charge is 0.358 e. The van der Waals surface area contributed by atoms with Crippen molar-refractivity contribution in [2.75, 3.05) is 7.11 Å². The summed E-state index contributed by atoms with van der Waals surface area (Å²) in [4.78, 5) is 19.1. The first-order chi connectivity index (χ1) is 7.79. The highest BCUT2D eigenvalue weighted by Crippen LogP contribution is 2.03. The van der Waals surface area contributed by atoms with Gasteiger partial charge in [0.15, 0.2) is 5.69 Å². The van der Waals surface area contributed by atoms with E-state index >= 15 is 0 Å². The fraction of sp³-hybridized carbons (Fsp3) is 0.182. The Hall–Kier alpha value is -2.17. The van der Waals surface area contributed by atoms with Crippen LogP contribution in [0.25, 0.3) is 0 Å². The van der Waals surface area contributed by atoms with Crippen LogP contribution in [0.3, 0.4) is 0 Å². The van der Waals surface area contributed by atoms with Gasteiger partial charge < -0.3 is 9.30 Å². The number of pyridine rings is 1. The molecule has 0 saturated heterocycles. The second-order valence-electron chi connectivity index (χ2n) is 3.28. The van der Waals surface area contributed by atoms with Crippen LogP contribution in [-0.4, -0.2) is 27.6 Å². The summed E-state index contributed by atoms with van der Waals surface area (Å²) in [5.41, 5.74) is 1.42. The van der Waals surface area contributed by atoms with E-state index in [1.807, 2.05) is 16.7 Å². The Morgan fingerprint density at radius 2 is 2.19 bits per heavy atom. The molecule has 0 fully saturated rings. The molecule has 5 heteroatoms. The van der Waals surface area contributed by atoms with Crippen LogP contribution >= 0.6 is 0 Å². The molecule has 2 aromatic heterocycles. The second-order valence-corrected chi connectivity index (χ2v) is 3.28. The van der Waals surface area contributed by atoms with Gasteiger partial charge in [-0.3, -0.25) is 4.98 Å². The van der Waals surface area contributed by atoms with E-state index in [2.05, 4.69) is 14.7 Å². The quantitative estimate of drug-likeness (QED) is 0.723. The summed E-state index contributed by atoms with van der Waals surface area (Å²) < 4.78 is 6.40. The van der Waals surface area contributed by atoms with E-state index < -0.39 is 5.97 Å². The minimum Gasteiger partial charge on any atom is -0.464 e. The third kappa shape index (κ3) is 2.25. The summed E-state index contributed by atoms with van der Waals surface area (Å²) in [6.45, 7) is 0.659. The van der Waals surface area contributed by atoms with E-state index in [9.17, 15) is 4.79 Å². The molecule has 0 bridgehead atoms. The van der Waals surface area contributed by atoms with E-state index in [-0.39, 0.29) is 0 Å². The van der Waals surface area contributed by atoms with Crippen molar-refractivity contribution in [1.82, 2.24) is 14.5 Å². The van der Waals surface area contributed by atoms with E-state index in [0.29, 0.717) is 12.2 Å². The van der Waals surface area contributed by atoms with Gasteiger partial charge in [-0.25, -0.2) is 9.78 Å². The van der Waals surface area contributed by atoms with Crippen molar-refractivity contribution in [3.05, 3.63) is 48.3 Å². The average Bonchev–Trinajstić information content (AvgIpc) is 2.78. The van der Waals surface area contributed by atoms with Crippen LogP contribution in [0.2, 0.25) is 0 Å². The Morgan fingerprint density at radius 1 is 1.44 bits per heavy atom. The normalized spacial score (nSPS) is 10.1. The first kappa shape index (κ1) is 10.4. The van der Waals surface area contributed by atoms with Gasteiger partial charge in [-0.1, -0.05) is 0 Å². The van der Waals surface area contributed by atoms with Crippen LogP contribution in [0, 0.1) is 0 Å². The third-order valence-electron chi connectivity index (χ3n) is 2.14. The van der Waals surface area contributed by atoms with Gasteiger partial charge >= 0.3 is 5.97 Å². The molecule has 2 aromatic rings.